The van der Waals surface area contributed by atoms with E-state index in [1.165, 1.54) is 24.9 Å². The van der Waals surface area contributed by atoms with Crippen LogP contribution in [0.3, 0.4) is 0 Å². The van der Waals surface area contributed by atoms with Crippen molar-refractivity contribution in [3.05, 3.63) is 36.5 Å². The molecule has 0 spiro atoms. The molecule has 0 saturated carbocycles. The molecule has 0 aliphatic carbocycles. The molecular formula is C24H34N6O2. The molecule has 1 atom stereocenters. The summed E-state index contributed by atoms with van der Waals surface area (Å²) in [5, 5.41) is 3.08. The summed E-state index contributed by atoms with van der Waals surface area (Å²) in [6.07, 6.45) is 5.57. The number of rotatable bonds is 7. The normalized spacial score (nSPS) is 18.3. The molecule has 1 unspecified atom stereocenters. The van der Waals surface area contributed by atoms with Crippen molar-refractivity contribution in [1.29, 1.82) is 0 Å². The number of ether oxygens (including phenoxy) is 1. The maximum Gasteiger partial charge on any atom is 0.241 e. The molecule has 2 aromatic rings. The van der Waals surface area contributed by atoms with Gasteiger partial charge in [0.2, 0.25) is 17.7 Å². The number of hydrogen-bond donors (Lipinski definition) is 1. The van der Waals surface area contributed by atoms with Crippen LogP contribution in [0.25, 0.3) is 0 Å². The minimum absolute atomic E-state index is 0.0266. The average molecular weight is 439 g/mol. The summed E-state index contributed by atoms with van der Waals surface area (Å²) in [6, 6.07) is 9.82. The number of piperidine rings is 1. The van der Waals surface area contributed by atoms with E-state index < -0.39 is 0 Å². The highest BCUT2D eigenvalue weighted by Gasteiger charge is 2.26. The first-order valence-electron chi connectivity index (χ1n) is 11.7. The van der Waals surface area contributed by atoms with Crippen LogP contribution in [0.15, 0.2) is 36.5 Å². The lowest BCUT2D eigenvalue weighted by Gasteiger charge is -2.37. The molecule has 2 fully saturated rings. The maximum absolute atomic E-state index is 12.8. The first kappa shape index (κ1) is 22.3. The number of benzene rings is 1. The molecule has 4 rings (SSSR count). The van der Waals surface area contributed by atoms with Gasteiger partial charge in [0.25, 0.3) is 0 Å². The van der Waals surface area contributed by atoms with Gasteiger partial charge in [0.05, 0.1) is 12.6 Å². The summed E-state index contributed by atoms with van der Waals surface area (Å²) in [7, 11) is 0. The fraction of sp³-hybridized carbons (Fsp3) is 0.542. The molecule has 2 aliphatic heterocycles. The molecular weight excluding hydrogens is 404 g/mol. The van der Waals surface area contributed by atoms with Gasteiger partial charge in [-0.2, -0.15) is 4.98 Å². The summed E-state index contributed by atoms with van der Waals surface area (Å²) in [4.78, 5) is 28.5. The molecule has 8 nitrogen and oxygen atoms in total. The fourth-order valence-corrected chi connectivity index (χ4v) is 4.34. The quantitative estimate of drug-likeness (QED) is 0.712. The van der Waals surface area contributed by atoms with Crippen LogP contribution >= 0.6 is 0 Å². The largest absolute Gasteiger partial charge is 0.478 e. The number of carbonyl (C=O) groups excluding carboxylic acids is 1. The van der Waals surface area contributed by atoms with E-state index in [1.54, 1.807) is 12.3 Å². The van der Waals surface area contributed by atoms with Gasteiger partial charge in [0, 0.05) is 62.9 Å². The number of hydrogen-bond acceptors (Lipinski definition) is 7. The minimum atomic E-state index is -0.199. The third-order valence-electron chi connectivity index (χ3n) is 6.29. The van der Waals surface area contributed by atoms with Gasteiger partial charge in [-0.15, -0.1) is 0 Å². The van der Waals surface area contributed by atoms with Gasteiger partial charge in [-0.05, 0) is 57.4 Å². The zero-order chi connectivity index (χ0) is 22.3. The van der Waals surface area contributed by atoms with Gasteiger partial charge in [-0.1, -0.05) is 0 Å². The van der Waals surface area contributed by atoms with Crippen molar-refractivity contribution >= 4 is 23.2 Å². The molecule has 3 heterocycles. The Kier molecular flexibility index (Phi) is 7.42. The number of nitrogens with zero attached hydrogens (tertiary/aromatic N) is 5. The van der Waals surface area contributed by atoms with Gasteiger partial charge in [0.15, 0.2) is 0 Å². The number of aromatic nitrogens is 2. The van der Waals surface area contributed by atoms with Crippen LogP contribution in [-0.2, 0) is 4.79 Å². The second-order valence-electron chi connectivity index (χ2n) is 8.41. The second kappa shape index (κ2) is 10.6. The lowest BCUT2D eigenvalue weighted by Crippen LogP contribution is -2.53. The predicted molar refractivity (Wildman–Crippen MR) is 128 cm³/mol. The number of piperazine rings is 1. The number of nitrogens with one attached hydrogen (secondary N) is 1. The topological polar surface area (TPSA) is 73.8 Å². The summed E-state index contributed by atoms with van der Waals surface area (Å²) in [5.41, 5.74) is 2.09. The Balaban J connectivity index is 1.28. The molecule has 8 heteroatoms. The van der Waals surface area contributed by atoms with E-state index in [-0.39, 0.29) is 11.9 Å². The van der Waals surface area contributed by atoms with Gasteiger partial charge in [-0.25, -0.2) is 4.98 Å². The summed E-state index contributed by atoms with van der Waals surface area (Å²) in [5.74, 6) is 1.30. The Morgan fingerprint density at radius 3 is 2.41 bits per heavy atom. The number of amides is 1. The van der Waals surface area contributed by atoms with E-state index in [1.807, 2.05) is 26.0 Å². The Labute approximate surface area is 190 Å². The summed E-state index contributed by atoms with van der Waals surface area (Å²) in [6.45, 7) is 9.85. The predicted octanol–water partition coefficient (Wildman–Crippen LogP) is 3.01. The van der Waals surface area contributed by atoms with Crippen molar-refractivity contribution in [2.75, 3.05) is 61.0 Å². The van der Waals surface area contributed by atoms with Crippen LogP contribution in [-0.4, -0.2) is 72.7 Å². The highest BCUT2D eigenvalue weighted by Crippen LogP contribution is 2.22. The molecule has 0 bridgehead atoms. The van der Waals surface area contributed by atoms with Crippen LogP contribution in [0.2, 0.25) is 0 Å². The Bertz CT molecular complexity index is 876. The van der Waals surface area contributed by atoms with E-state index in [9.17, 15) is 4.79 Å². The van der Waals surface area contributed by atoms with Crippen molar-refractivity contribution in [2.45, 2.75) is 39.2 Å². The minimum Gasteiger partial charge on any atom is -0.478 e. The first-order valence-corrected chi connectivity index (χ1v) is 11.7. The monoisotopic (exact) mass is 438 g/mol. The van der Waals surface area contributed by atoms with Crippen molar-refractivity contribution in [3.8, 4) is 5.88 Å². The highest BCUT2D eigenvalue weighted by molar-refractivity contribution is 5.94. The van der Waals surface area contributed by atoms with E-state index in [0.29, 0.717) is 18.4 Å². The van der Waals surface area contributed by atoms with E-state index in [2.05, 4.69) is 42.1 Å². The van der Waals surface area contributed by atoms with Gasteiger partial charge in [-0.3, -0.25) is 9.69 Å². The standard InChI is InChI=1S/C24H34N6O2/c1-3-32-22-11-12-25-24(27-22)30-17-15-28(16-18-30)19(2)23(31)26-20-7-9-21(10-8-20)29-13-5-4-6-14-29/h7-12,19H,3-6,13-18H2,1-2H3,(H,26,31). The van der Waals surface area contributed by atoms with Gasteiger partial charge >= 0.3 is 0 Å². The van der Waals surface area contributed by atoms with Crippen molar-refractivity contribution in [3.63, 3.8) is 0 Å². The van der Waals surface area contributed by atoms with Crippen LogP contribution in [0.4, 0.5) is 17.3 Å². The fourth-order valence-electron chi connectivity index (χ4n) is 4.34. The van der Waals surface area contributed by atoms with Crippen molar-refractivity contribution < 1.29 is 9.53 Å². The lowest BCUT2D eigenvalue weighted by atomic mass is 10.1. The molecule has 1 N–H and O–H groups in total. The van der Waals surface area contributed by atoms with E-state index >= 15 is 0 Å². The molecule has 172 valence electrons. The molecule has 2 aliphatic rings. The third kappa shape index (κ3) is 5.48. The average Bonchev–Trinajstić information content (AvgIpc) is 2.85. The van der Waals surface area contributed by atoms with E-state index in [0.717, 1.165) is 45.0 Å². The maximum atomic E-state index is 12.8. The van der Waals surface area contributed by atoms with E-state index in [4.69, 9.17) is 4.74 Å². The Morgan fingerprint density at radius 2 is 1.72 bits per heavy atom. The van der Waals surface area contributed by atoms with Crippen molar-refractivity contribution in [2.24, 2.45) is 0 Å². The third-order valence-corrected chi connectivity index (χ3v) is 6.29. The molecule has 0 radical (unpaired) electrons. The van der Waals surface area contributed by atoms with Crippen LogP contribution in [0, 0.1) is 0 Å². The molecule has 32 heavy (non-hydrogen) atoms. The van der Waals surface area contributed by atoms with Crippen LogP contribution < -0.4 is 19.9 Å². The number of anilines is 3. The first-order chi connectivity index (χ1) is 15.6. The molecule has 1 amide bonds. The Morgan fingerprint density at radius 1 is 1.00 bits per heavy atom. The smallest absolute Gasteiger partial charge is 0.241 e. The van der Waals surface area contributed by atoms with Gasteiger partial charge < -0.3 is 19.9 Å². The lowest BCUT2D eigenvalue weighted by molar-refractivity contribution is -0.120. The van der Waals surface area contributed by atoms with Crippen molar-refractivity contribution in [1.82, 2.24) is 14.9 Å². The van der Waals surface area contributed by atoms with Gasteiger partial charge in [0.1, 0.15) is 0 Å². The zero-order valence-corrected chi connectivity index (χ0v) is 19.2. The second-order valence-corrected chi connectivity index (χ2v) is 8.41. The summed E-state index contributed by atoms with van der Waals surface area (Å²) >= 11 is 0. The Hall–Kier alpha value is -2.87. The molecule has 1 aromatic carbocycles. The number of carbonyl (C=O) groups is 1. The highest BCUT2D eigenvalue weighted by atomic mass is 16.5. The SMILES string of the molecule is CCOc1ccnc(N2CCN(C(C)C(=O)Nc3ccc(N4CCCCC4)cc3)CC2)n1. The van der Waals surface area contributed by atoms with Crippen LogP contribution in [0.1, 0.15) is 33.1 Å². The summed E-state index contributed by atoms with van der Waals surface area (Å²) < 4.78 is 5.48. The molecule has 1 aromatic heterocycles. The van der Waals surface area contributed by atoms with Crippen LogP contribution in [0.5, 0.6) is 5.88 Å². The molecule has 2 saturated heterocycles. The zero-order valence-electron chi connectivity index (χ0n) is 19.2.